The molecule has 2 aromatic carbocycles. The van der Waals surface area contributed by atoms with Crippen LogP contribution in [0.3, 0.4) is 0 Å². The molecule has 3 nitrogen and oxygen atoms in total. The monoisotopic (exact) mass is 470 g/mol. The van der Waals surface area contributed by atoms with Gasteiger partial charge in [-0.15, -0.1) is 0 Å². The largest absolute Gasteiger partial charge is 0.460 e. The predicted octanol–water partition coefficient (Wildman–Crippen LogP) is 6.96. The van der Waals surface area contributed by atoms with Crippen LogP contribution in [-0.4, -0.2) is 5.78 Å². The van der Waals surface area contributed by atoms with Crippen LogP contribution in [-0.2, 0) is 0 Å². The Bertz CT molecular complexity index is 1010. The molecule has 0 aliphatic carbocycles. The van der Waals surface area contributed by atoms with Gasteiger partial charge in [-0.1, -0.05) is 56.1 Å². The molecule has 0 amide bonds. The Morgan fingerprint density at radius 1 is 0.692 bits per heavy atom. The van der Waals surface area contributed by atoms with E-state index in [0.29, 0.717) is 0 Å². The van der Waals surface area contributed by atoms with Gasteiger partial charge in [-0.25, -0.2) is 0 Å². The Labute approximate surface area is 166 Å². The van der Waals surface area contributed by atoms with Crippen molar-refractivity contribution in [2.75, 3.05) is 0 Å². The van der Waals surface area contributed by atoms with E-state index >= 15 is 0 Å². The zero-order valence-electron chi connectivity index (χ0n) is 13.4. The van der Waals surface area contributed by atoms with Crippen LogP contribution in [0.4, 0.5) is 0 Å². The summed E-state index contributed by atoms with van der Waals surface area (Å²) in [7, 11) is 0. The van der Waals surface area contributed by atoms with Crippen LogP contribution in [0.5, 0.6) is 0 Å². The highest BCUT2D eigenvalue weighted by atomic mass is 79.9. The van der Waals surface area contributed by atoms with Crippen molar-refractivity contribution in [2.45, 2.75) is 0 Å². The van der Waals surface area contributed by atoms with Gasteiger partial charge in [0.05, 0.1) is 12.5 Å². The minimum Gasteiger partial charge on any atom is -0.460 e. The lowest BCUT2D eigenvalue weighted by Crippen LogP contribution is -2.02. The minimum atomic E-state index is -0.287. The molecular weight excluding hydrogens is 460 g/mol. The van der Waals surface area contributed by atoms with Gasteiger partial charge in [0.15, 0.2) is 11.5 Å². The molecule has 128 valence electrons. The van der Waals surface area contributed by atoms with Crippen molar-refractivity contribution in [3.63, 3.8) is 0 Å². The Kier molecular flexibility index (Phi) is 4.66. The van der Waals surface area contributed by atoms with Gasteiger partial charge in [0.1, 0.15) is 0 Å². The summed E-state index contributed by atoms with van der Waals surface area (Å²) in [5, 5.41) is 0. The van der Waals surface area contributed by atoms with Crippen LogP contribution < -0.4 is 0 Å². The Morgan fingerprint density at radius 3 is 1.58 bits per heavy atom. The van der Waals surface area contributed by atoms with Crippen molar-refractivity contribution >= 4 is 37.6 Å². The normalized spacial score (nSPS) is 10.8. The number of carbonyl (C=O) groups is 1. The smallest absolute Gasteiger partial charge is 0.264 e. The molecule has 0 atom stereocenters. The van der Waals surface area contributed by atoms with Crippen molar-refractivity contribution in [1.82, 2.24) is 0 Å². The molecule has 0 radical (unpaired) electrons. The molecule has 4 aromatic rings. The first-order valence-corrected chi connectivity index (χ1v) is 9.43. The molecule has 0 aliphatic heterocycles. The van der Waals surface area contributed by atoms with Crippen molar-refractivity contribution in [3.8, 4) is 22.3 Å². The Balaban J connectivity index is 1.78. The van der Waals surface area contributed by atoms with Gasteiger partial charge in [0, 0.05) is 20.1 Å². The van der Waals surface area contributed by atoms with Crippen molar-refractivity contribution < 1.29 is 13.6 Å². The van der Waals surface area contributed by atoms with Gasteiger partial charge in [0.25, 0.3) is 5.78 Å². The quantitative estimate of drug-likeness (QED) is 0.302. The van der Waals surface area contributed by atoms with Crippen LogP contribution in [0.2, 0.25) is 0 Å². The summed E-state index contributed by atoms with van der Waals surface area (Å²) in [5.74, 6) is 0.230. The van der Waals surface area contributed by atoms with Gasteiger partial charge in [-0.2, -0.15) is 0 Å². The second-order valence-corrected chi connectivity index (χ2v) is 7.51. The summed E-state index contributed by atoms with van der Waals surface area (Å²) in [5.41, 5.74) is 3.25. The summed E-state index contributed by atoms with van der Waals surface area (Å²) in [6, 6.07) is 19.0. The number of hydrogen-bond donors (Lipinski definition) is 0. The molecule has 0 aliphatic rings. The number of benzene rings is 2. The minimum absolute atomic E-state index is 0.259. The van der Waals surface area contributed by atoms with E-state index < -0.39 is 0 Å². The molecular formula is C21H12Br2O3. The second kappa shape index (κ2) is 7.09. The zero-order chi connectivity index (χ0) is 18.1. The first kappa shape index (κ1) is 17.1. The van der Waals surface area contributed by atoms with E-state index in [1.165, 1.54) is 12.5 Å². The van der Waals surface area contributed by atoms with Crippen molar-refractivity contribution in [3.05, 3.63) is 93.7 Å². The fraction of sp³-hybridized carbons (Fsp3) is 0. The maximum Gasteiger partial charge on any atom is 0.264 e. The number of ketones is 1. The Hall–Kier alpha value is -2.37. The predicted molar refractivity (Wildman–Crippen MR) is 107 cm³/mol. The lowest BCUT2D eigenvalue weighted by Gasteiger charge is -2.05. The molecule has 2 heterocycles. The van der Waals surface area contributed by atoms with E-state index in [4.69, 9.17) is 8.83 Å². The molecule has 0 saturated heterocycles. The maximum absolute atomic E-state index is 13.1. The maximum atomic E-state index is 13.1. The summed E-state index contributed by atoms with van der Waals surface area (Å²) >= 11 is 6.92. The third-order valence-corrected chi connectivity index (χ3v) is 5.00. The molecule has 4 rings (SSSR count). The molecule has 0 unspecified atom stereocenters. The summed E-state index contributed by atoms with van der Waals surface area (Å²) in [4.78, 5) is 13.1. The van der Waals surface area contributed by atoms with Gasteiger partial charge < -0.3 is 8.83 Å². The Morgan fingerprint density at radius 2 is 1.15 bits per heavy atom. The molecule has 0 N–H and O–H groups in total. The molecule has 2 aromatic heterocycles. The number of hydrogen-bond acceptors (Lipinski definition) is 3. The van der Waals surface area contributed by atoms with E-state index in [1.54, 1.807) is 12.1 Å². The number of halogens is 2. The van der Waals surface area contributed by atoms with E-state index in [1.807, 2.05) is 48.5 Å². The molecule has 5 heteroatoms. The van der Waals surface area contributed by atoms with E-state index in [2.05, 4.69) is 31.9 Å². The molecule has 0 saturated carbocycles. The first-order chi connectivity index (χ1) is 12.6. The number of carbonyl (C=O) groups excluding carboxylic acids is 1. The topological polar surface area (TPSA) is 43.4 Å². The highest BCUT2D eigenvalue weighted by molar-refractivity contribution is 9.10. The zero-order valence-corrected chi connectivity index (χ0v) is 16.6. The second-order valence-electron chi connectivity index (χ2n) is 5.68. The van der Waals surface area contributed by atoms with E-state index in [0.717, 1.165) is 31.2 Å². The lowest BCUT2D eigenvalue weighted by atomic mass is 10.00. The van der Waals surface area contributed by atoms with Gasteiger partial charge >= 0.3 is 0 Å². The summed E-state index contributed by atoms with van der Waals surface area (Å²) < 4.78 is 12.9. The van der Waals surface area contributed by atoms with E-state index in [9.17, 15) is 4.79 Å². The van der Waals surface area contributed by atoms with Crippen molar-refractivity contribution in [2.24, 2.45) is 0 Å². The van der Waals surface area contributed by atoms with Crippen LogP contribution in [0.25, 0.3) is 22.3 Å². The fourth-order valence-corrected chi connectivity index (χ4v) is 3.64. The van der Waals surface area contributed by atoms with Crippen LogP contribution in [0, 0.1) is 0 Å². The highest BCUT2D eigenvalue weighted by Crippen LogP contribution is 2.33. The van der Waals surface area contributed by atoms with Crippen molar-refractivity contribution in [1.29, 1.82) is 0 Å². The average molecular weight is 472 g/mol. The summed E-state index contributed by atoms with van der Waals surface area (Å²) in [6.45, 7) is 0. The number of furan rings is 2. The number of rotatable bonds is 4. The average Bonchev–Trinajstić information content (AvgIpc) is 3.31. The molecule has 0 bridgehead atoms. The summed E-state index contributed by atoms with van der Waals surface area (Å²) in [6.07, 6.45) is 3.04. The standard InChI is InChI=1S/C21H12Br2O3/c22-15-5-1-3-13(11-15)17-7-9-25-20(17)19(24)21-18(8-10-26-21)14-4-2-6-16(23)12-14/h1-12H. The SMILES string of the molecule is O=C(c1occc1-c1cccc(Br)c1)c1occc1-c1cccc(Br)c1. The van der Waals surface area contributed by atoms with Gasteiger partial charge in [0.2, 0.25) is 0 Å². The van der Waals surface area contributed by atoms with Crippen LogP contribution >= 0.6 is 31.9 Å². The molecule has 0 spiro atoms. The molecule has 26 heavy (non-hydrogen) atoms. The molecule has 0 fully saturated rings. The lowest BCUT2D eigenvalue weighted by molar-refractivity contribution is 0.0985. The highest BCUT2D eigenvalue weighted by Gasteiger charge is 2.24. The van der Waals surface area contributed by atoms with Crippen LogP contribution in [0.1, 0.15) is 16.3 Å². The first-order valence-electron chi connectivity index (χ1n) is 7.85. The van der Waals surface area contributed by atoms with Crippen LogP contribution in [0.15, 0.2) is 91.0 Å². The van der Waals surface area contributed by atoms with Gasteiger partial charge in [-0.05, 0) is 47.5 Å². The van der Waals surface area contributed by atoms with E-state index in [-0.39, 0.29) is 17.3 Å². The fourth-order valence-electron chi connectivity index (χ4n) is 2.84. The third kappa shape index (κ3) is 3.20. The third-order valence-electron chi connectivity index (χ3n) is 4.01. The van der Waals surface area contributed by atoms with Gasteiger partial charge in [-0.3, -0.25) is 4.79 Å².